The van der Waals surface area contributed by atoms with Crippen LogP contribution in [0.25, 0.3) is 0 Å². The lowest BCUT2D eigenvalue weighted by Crippen LogP contribution is -2.10. The maximum absolute atomic E-state index is 12.2. The van der Waals surface area contributed by atoms with Crippen molar-refractivity contribution in [2.24, 2.45) is 0 Å². The molecule has 2 aromatic carbocycles. The van der Waals surface area contributed by atoms with Crippen molar-refractivity contribution < 1.29 is 48.2 Å². The minimum absolute atomic E-state index is 0.0886. The number of phenols is 2. The maximum atomic E-state index is 12.2. The van der Waals surface area contributed by atoms with Crippen LogP contribution in [0.15, 0.2) is 24.3 Å². The number of methoxy groups -OCH3 is 4. The molecule has 10 heteroatoms. The van der Waals surface area contributed by atoms with Crippen LogP contribution in [0.2, 0.25) is 0 Å². The zero-order valence-corrected chi connectivity index (χ0v) is 18.3. The molecule has 32 heavy (non-hydrogen) atoms. The Morgan fingerprint density at radius 1 is 0.625 bits per heavy atom. The lowest BCUT2D eigenvalue weighted by atomic mass is 10.2. The average molecular weight is 450 g/mol. The van der Waals surface area contributed by atoms with Gasteiger partial charge in [-0.2, -0.15) is 0 Å². The molecule has 0 saturated heterocycles. The van der Waals surface area contributed by atoms with E-state index in [0.29, 0.717) is 12.8 Å². The fourth-order valence-electron chi connectivity index (χ4n) is 2.72. The summed E-state index contributed by atoms with van der Waals surface area (Å²) in [5.74, 6) is -1.29. The number of esters is 2. The van der Waals surface area contributed by atoms with Gasteiger partial charge in [-0.15, -0.1) is 0 Å². The van der Waals surface area contributed by atoms with E-state index < -0.39 is 11.9 Å². The zero-order valence-electron chi connectivity index (χ0n) is 18.3. The molecule has 2 N–H and O–H groups in total. The number of aromatic hydroxyl groups is 2. The second-order valence-corrected chi connectivity index (χ2v) is 6.44. The molecule has 0 aliphatic rings. The minimum atomic E-state index is -0.609. The Morgan fingerprint density at radius 3 is 1.16 bits per heavy atom. The first-order chi connectivity index (χ1) is 15.4. The van der Waals surface area contributed by atoms with E-state index in [1.807, 2.05) is 0 Å². The van der Waals surface area contributed by atoms with Gasteiger partial charge in [0.15, 0.2) is 23.0 Å². The van der Waals surface area contributed by atoms with E-state index in [-0.39, 0.29) is 58.8 Å². The summed E-state index contributed by atoms with van der Waals surface area (Å²) >= 11 is 0. The first-order valence-electron chi connectivity index (χ1n) is 9.60. The van der Waals surface area contributed by atoms with Crippen LogP contribution >= 0.6 is 0 Å². The van der Waals surface area contributed by atoms with Gasteiger partial charge in [0.25, 0.3) is 0 Å². The Hall–Kier alpha value is -3.82. The summed E-state index contributed by atoms with van der Waals surface area (Å²) in [6.45, 7) is 0.200. The van der Waals surface area contributed by atoms with Crippen molar-refractivity contribution in [1.29, 1.82) is 0 Å². The second kappa shape index (κ2) is 11.5. The van der Waals surface area contributed by atoms with Crippen molar-refractivity contribution in [2.75, 3.05) is 41.7 Å². The van der Waals surface area contributed by atoms with Gasteiger partial charge < -0.3 is 38.6 Å². The van der Waals surface area contributed by atoms with Gasteiger partial charge in [0.1, 0.15) is 0 Å². The number of carbonyl (C=O) groups excluding carboxylic acids is 2. The van der Waals surface area contributed by atoms with Crippen LogP contribution in [0.5, 0.6) is 34.5 Å². The van der Waals surface area contributed by atoms with Crippen LogP contribution in [0.3, 0.4) is 0 Å². The topological polar surface area (TPSA) is 130 Å². The third kappa shape index (κ3) is 5.87. The van der Waals surface area contributed by atoms with Crippen molar-refractivity contribution in [2.45, 2.75) is 12.8 Å². The second-order valence-electron chi connectivity index (χ2n) is 6.44. The molecule has 0 amide bonds. The number of rotatable bonds is 11. The molecule has 0 radical (unpaired) electrons. The number of phenolic OH excluding ortho intramolecular Hbond substituents is 2. The lowest BCUT2D eigenvalue weighted by molar-refractivity contribution is 0.0431. The molecular formula is C22H26O10. The Bertz CT molecular complexity index is 826. The number of ether oxygens (including phenoxy) is 6. The van der Waals surface area contributed by atoms with Crippen molar-refractivity contribution >= 4 is 11.9 Å². The summed E-state index contributed by atoms with van der Waals surface area (Å²) in [4.78, 5) is 24.4. The molecule has 10 nitrogen and oxygen atoms in total. The lowest BCUT2D eigenvalue weighted by Gasteiger charge is -2.12. The van der Waals surface area contributed by atoms with E-state index in [2.05, 4.69) is 0 Å². The molecule has 174 valence electrons. The van der Waals surface area contributed by atoms with Gasteiger partial charge in [0.2, 0.25) is 11.5 Å². The molecule has 0 fully saturated rings. The Kier molecular flexibility index (Phi) is 8.82. The summed E-state index contributed by atoms with van der Waals surface area (Å²) in [5, 5.41) is 19.8. The quantitative estimate of drug-likeness (QED) is 0.389. The first kappa shape index (κ1) is 24.4. The van der Waals surface area contributed by atoms with Gasteiger partial charge in [-0.05, 0) is 37.1 Å². The molecule has 2 rings (SSSR count). The molecule has 0 heterocycles. The van der Waals surface area contributed by atoms with Crippen molar-refractivity contribution in [3.8, 4) is 34.5 Å². The van der Waals surface area contributed by atoms with Gasteiger partial charge >= 0.3 is 11.9 Å². The summed E-state index contributed by atoms with van der Waals surface area (Å²) in [5.41, 5.74) is 0.330. The molecule has 0 atom stereocenters. The number of hydrogen-bond donors (Lipinski definition) is 2. The highest BCUT2D eigenvalue weighted by molar-refractivity contribution is 5.91. The predicted octanol–water partition coefficient (Wildman–Crippen LogP) is 2.93. The zero-order chi connectivity index (χ0) is 23.7. The number of unbranched alkanes of at least 4 members (excludes halogenated alkanes) is 1. The number of carbonyl (C=O) groups is 2. The van der Waals surface area contributed by atoms with Gasteiger partial charge in [0.05, 0.1) is 52.8 Å². The normalized spacial score (nSPS) is 10.2. The molecule has 0 saturated carbocycles. The van der Waals surface area contributed by atoms with Crippen molar-refractivity contribution in [3.05, 3.63) is 35.4 Å². The molecule has 0 spiro atoms. The summed E-state index contributed by atoms with van der Waals surface area (Å²) in [7, 11) is 5.43. The minimum Gasteiger partial charge on any atom is -0.502 e. The third-order valence-electron chi connectivity index (χ3n) is 4.44. The Morgan fingerprint density at radius 2 is 0.906 bits per heavy atom. The van der Waals surface area contributed by atoms with Crippen LogP contribution in [-0.4, -0.2) is 63.8 Å². The molecule has 0 bridgehead atoms. The third-order valence-corrected chi connectivity index (χ3v) is 4.44. The fourth-order valence-corrected chi connectivity index (χ4v) is 2.72. The molecule has 0 aliphatic carbocycles. The van der Waals surface area contributed by atoms with Crippen LogP contribution < -0.4 is 18.9 Å². The molecular weight excluding hydrogens is 424 g/mol. The van der Waals surface area contributed by atoms with E-state index >= 15 is 0 Å². The SMILES string of the molecule is COc1cc(C(=O)OCCCCOC(=O)c2cc(OC)c(O)c(OC)c2)cc(OC)c1O. The molecule has 0 unspecified atom stereocenters. The van der Waals surface area contributed by atoms with E-state index in [1.54, 1.807) is 0 Å². The van der Waals surface area contributed by atoms with Crippen LogP contribution in [-0.2, 0) is 9.47 Å². The average Bonchev–Trinajstić information content (AvgIpc) is 2.81. The smallest absolute Gasteiger partial charge is 0.338 e. The fraction of sp³-hybridized carbons (Fsp3) is 0.364. The van der Waals surface area contributed by atoms with Gasteiger partial charge in [-0.1, -0.05) is 0 Å². The van der Waals surface area contributed by atoms with E-state index in [9.17, 15) is 19.8 Å². The molecule has 2 aromatic rings. The Labute approximate surface area is 185 Å². The van der Waals surface area contributed by atoms with Crippen LogP contribution in [0.1, 0.15) is 33.6 Å². The highest BCUT2D eigenvalue weighted by Gasteiger charge is 2.18. The van der Waals surface area contributed by atoms with E-state index in [0.717, 1.165) is 0 Å². The van der Waals surface area contributed by atoms with E-state index in [1.165, 1.54) is 52.7 Å². The largest absolute Gasteiger partial charge is 0.502 e. The number of benzene rings is 2. The van der Waals surface area contributed by atoms with Crippen LogP contribution in [0.4, 0.5) is 0 Å². The Balaban J connectivity index is 1.81. The first-order valence-corrected chi connectivity index (χ1v) is 9.60. The van der Waals surface area contributed by atoms with Crippen molar-refractivity contribution in [1.82, 2.24) is 0 Å². The molecule has 0 aliphatic heterocycles. The van der Waals surface area contributed by atoms with Gasteiger partial charge in [0, 0.05) is 0 Å². The predicted molar refractivity (Wildman–Crippen MR) is 112 cm³/mol. The van der Waals surface area contributed by atoms with E-state index in [4.69, 9.17) is 28.4 Å². The van der Waals surface area contributed by atoms with Gasteiger partial charge in [-0.3, -0.25) is 0 Å². The van der Waals surface area contributed by atoms with Gasteiger partial charge in [-0.25, -0.2) is 9.59 Å². The van der Waals surface area contributed by atoms with Crippen molar-refractivity contribution in [3.63, 3.8) is 0 Å². The standard InChI is InChI=1S/C22H26O10/c1-27-15-9-13(10-16(28-2)19(15)23)21(25)31-7-5-6-8-32-22(26)14-11-17(29-3)20(24)18(12-14)30-4/h9-12,23-24H,5-8H2,1-4H3. The highest BCUT2D eigenvalue weighted by Crippen LogP contribution is 2.38. The monoisotopic (exact) mass is 450 g/mol. The summed E-state index contributed by atoms with van der Waals surface area (Å²) < 4.78 is 30.5. The maximum Gasteiger partial charge on any atom is 0.338 e. The van der Waals surface area contributed by atoms with Crippen LogP contribution in [0, 0.1) is 0 Å². The molecule has 0 aromatic heterocycles. The summed E-state index contributed by atoms with van der Waals surface area (Å²) in [6, 6.07) is 5.40. The summed E-state index contributed by atoms with van der Waals surface area (Å²) in [6.07, 6.45) is 0.904. The highest BCUT2D eigenvalue weighted by atomic mass is 16.5. The number of hydrogen-bond acceptors (Lipinski definition) is 10.